The van der Waals surface area contributed by atoms with Crippen LogP contribution in [0.15, 0.2) is 48.5 Å². The molecule has 1 aliphatic rings. The molecule has 0 aliphatic heterocycles. The van der Waals surface area contributed by atoms with Crippen LogP contribution in [0, 0.1) is 0 Å². The van der Waals surface area contributed by atoms with E-state index < -0.39 is 5.97 Å². The van der Waals surface area contributed by atoms with Gasteiger partial charge in [0.05, 0.1) is 24.1 Å². The van der Waals surface area contributed by atoms with Crippen molar-refractivity contribution in [1.29, 1.82) is 0 Å². The molecule has 3 aromatic rings. The Kier molecular flexibility index (Phi) is 6.35. The van der Waals surface area contributed by atoms with Gasteiger partial charge in [-0.3, -0.25) is 9.48 Å². The van der Waals surface area contributed by atoms with Gasteiger partial charge in [0.15, 0.2) is 0 Å². The van der Waals surface area contributed by atoms with E-state index in [1.54, 1.807) is 43.1 Å². The van der Waals surface area contributed by atoms with Crippen LogP contribution in [0.4, 0.5) is 5.69 Å². The Morgan fingerprint density at radius 3 is 2.58 bits per heavy atom. The average Bonchev–Trinajstić information content (AvgIpc) is 3.59. The number of para-hydroxylation sites is 1. The summed E-state index contributed by atoms with van der Waals surface area (Å²) in [6.45, 7) is 0.895. The van der Waals surface area contributed by atoms with Crippen molar-refractivity contribution >= 4 is 17.6 Å². The second-order valence-electron chi connectivity index (χ2n) is 8.36. The minimum absolute atomic E-state index is 0.170. The number of nitrogens with one attached hydrogen (secondary N) is 1. The molecule has 8 nitrogen and oxygen atoms in total. The summed E-state index contributed by atoms with van der Waals surface area (Å²) >= 11 is 0. The largest absolute Gasteiger partial charge is 0.494 e. The maximum Gasteiger partial charge on any atom is 0.335 e. The fraction of sp³-hybridized carbons (Fsp3) is 0.320. The molecule has 0 atom stereocenters. The third-order valence-electron chi connectivity index (χ3n) is 5.88. The predicted octanol–water partition coefficient (Wildman–Crippen LogP) is 3.57. The lowest BCUT2D eigenvalue weighted by atomic mass is 10.1. The molecule has 1 aliphatic carbocycles. The SMILES string of the molecule is COc1c(CNC(=O)c2cc(C3CC3)nn2C)cccc1N(C)Cc1ccc(C(=O)O)cc1. The Labute approximate surface area is 192 Å². The zero-order valence-corrected chi connectivity index (χ0v) is 19.0. The second kappa shape index (κ2) is 9.36. The summed E-state index contributed by atoms with van der Waals surface area (Å²) in [6.07, 6.45) is 2.28. The van der Waals surface area contributed by atoms with Crippen LogP contribution in [0.25, 0.3) is 0 Å². The molecule has 0 saturated heterocycles. The van der Waals surface area contributed by atoms with Gasteiger partial charge in [-0.2, -0.15) is 5.10 Å². The minimum Gasteiger partial charge on any atom is -0.494 e. The van der Waals surface area contributed by atoms with Crippen LogP contribution >= 0.6 is 0 Å². The number of anilines is 1. The zero-order chi connectivity index (χ0) is 23.5. The third kappa shape index (κ3) is 5.00. The van der Waals surface area contributed by atoms with Gasteiger partial charge in [-0.05, 0) is 42.7 Å². The Morgan fingerprint density at radius 2 is 1.94 bits per heavy atom. The van der Waals surface area contributed by atoms with Crippen molar-refractivity contribution in [3.05, 3.63) is 76.6 Å². The van der Waals surface area contributed by atoms with Crippen molar-refractivity contribution in [3.63, 3.8) is 0 Å². The molecule has 0 unspecified atom stereocenters. The van der Waals surface area contributed by atoms with Crippen LogP contribution in [0.2, 0.25) is 0 Å². The molecule has 2 aromatic carbocycles. The number of rotatable bonds is 9. The molecule has 33 heavy (non-hydrogen) atoms. The Bertz CT molecular complexity index is 1170. The number of carbonyl (C=O) groups excluding carboxylic acids is 1. The molecule has 4 rings (SSSR count). The highest BCUT2D eigenvalue weighted by molar-refractivity contribution is 5.92. The van der Waals surface area contributed by atoms with Crippen molar-refractivity contribution in [2.24, 2.45) is 7.05 Å². The summed E-state index contributed by atoms with van der Waals surface area (Å²) in [5.41, 5.74) is 4.51. The van der Waals surface area contributed by atoms with Gasteiger partial charge in [-0.1, -0.05) is 24.3 Å². The first-order valence-corrected chi connectivity index (χ1v) is 10.9. The number of carboxylic acid groups (broad SMARTS) is 1. The van der Waals surface area contributed by atoms with E-state index in [-0.39, 0.29) is 11.5 Å². The molecular formula is C25H28N4O4. The maximum absolute atomic E-state index is 12.8. The van der Waals surface area contributed by atoms with Gasteiger partial charge < -0.3 is 20.1 Å². The van der Waals surface area contributed by atoms with E-state index in [2.05, 4.69) is 10.4 Å². The third-order valence-corrected chi connectivity index (χ3v) is 5.88. The average molecular weight is 449 g/mol. The number of aromatic carboxylic acids is 1. The number of hydrogen-bond acceptors (Lipinski definition) is 5. The number of aromatic nitrogens is 2. The number of carboxylic acids is 1. The number of benzene rings is 2. The van der Waals surface area contributed by atoms with E-state index in [9.17, 15) is 9.59 Å². The lowest BCUT2D eigenvalue weighted by Crippen LogP contribution is -2.25. The van der Waals surface area contributed by atoms with Crippen molar-refractivity contribution in [1.82, 2.24) is 15.1 Å². The van der Waals surface area contributed by atoms with E-state index in [0.717, 1.165) is 35.3 Å². The predicted molar refractivity (Wildman–Crippen MR) is 125 cm³/mol. The van der Waals surface area contributed by atoms with Gasteiger partial charge >= 0.3 is 5.97 Å². The molecule has 8 heteroatoms. The summed E-state index contributed by atoms with van der Waals surface area (Å²) in [5, 5.41) is 16.5. The van der Waals surface area contributed by atoms with Crippen molar-refractivity contribution in [3.8, 4) is 5.75 Å². The molecule has 2 N–H and O–H groups in total. The number of nitrogens with zero attached hydrogens (tertiary/aromatic N) is 3. The molecule has 1 heterocycles. The van der Waals surface area contributed by atoms with Crippen LogP contribution in [0.5, 0.6) is 5.75 Å². The first-order chi connectivity index (χ1) is 15.9. The van der Waals surface area contributed by atoms with Crippen molar-refractivity contribution in [2.45, 2.75) is 31.8 Å². The fourth-order valence-corrected chi connectivity index (χ4v) is 3.91. The summed E-state index contributed by atoms with van der Waals surface area (Å²) < 4.78 is 7.34. The molecule has 172 valence electrons. The summed E-state index contributed by atoms with van der Waals surface area (Å²) in [7, 11) is 5.35. The molecular weight excluding hydrogens is 420 g/mol. The quantitative estimate of drug-likeness (QED) is 0.520. The lowest BCUT2D eigenvalue weighted by Gasteiger charge is -2.23. The van der Waals surface area contributed by atoms with Gasteiger partial charge in [0, 0.05) is 38.7 Å². The fourth-order valence-electron chi connectivity index (χ4n) is 3.91. The minimum atomic E-state index is -0.943. The van der Waals surface area contributed by atoms with Crippen molar-refractivity contribution in [2.75, 3.05) is 19.1 Å². The number of aryl methyl sites for hydroxylation is 1. The van der Waals surface area contributed by atoms with E-state index in [1.165, 1.54) is 0 Å². The molecule has 1 saturated carbocycles. The smallest absolute Gasteiger partial charge is 0.335 e. The van der Waals surface area contributed by atoms with E-state index in [1.807, 2.05) is 36.2 Å². The summed E-state index contributed by atoms with van der Waals surface area (Å²) in [4.78, 5) is 25.9. The highest BCUT2D eigenvalue weighted by atomic mass is 16.5. The van der Waals surface area contributed by atoms with Crippen LogP contribution < -0.4 is 15.0 Å². The first-order valence-electron chi connectivity index (χ1n) is 10.9. The van der Waals surface area contributed by atoms with Crippen LogP contribution in [0.3, 0.4) is 0 Å². The van der Waals surface area contributed by atoms with Gasteiger partial charge in [-0.15, -0.1) is 0 Å². The molecule has 1 aromatic heterocycles. The van der Waals surface area contributed by atoms with Crippen LogP contribution in [-0.4, -0.2) is 40.9 Å². The second-order valence-corrected chi connectivity index (χ2v) is 8.36. The normalized spacial score (nSPS) is 12.9. The standard InChI is InChI=1S/C25H28N4O4/c1-28(15-16-7-9-18(10-8-16)25(31)32)21-6-4-5-19(23(21)33-3)14-26-24(30)22-13-20(17-11-12-17)27-29(22)2/h4-10,13,17H,11-12,14-15H2,1-3H3,(H,26,30)(H,31,32). The monoisotopic (exact) mass is 448 g/mol. The van der Waals surface area contributed by atoms with E-state index >= 15 is 0 Å². The molecule has 0 spiro atoms. The summed E-state index contributed by atoms with van der Waals surface area (Å²) in [5.74, 6) is 0.0639. The van der Waals surface area contributed by atoms with E-state index in [0.29, 0.717) is 30.5 Å². The number of methoxy groups -OCH3 is 1. The maximum atomic E-state index is 12.8. The highest BCUT2D eigenvalue weighted by Gasteiger charge is 2.28. The Balaban J connectivity index is 1.46. The highest BCUT2D eigenvalue weighted by Crippen LogP contribution is 2.39. The zero-order valence-electron chi connectivity index (χ0n) is 19.0. The van der Waals surface area contributed by atoms with Gasteiger partial charge in [-0.25, -0.2) is 4.79 Å². The molecule has 0 radical (unpaired) electrons. The Hall–Kier alpha value is -3.81. The molecule has 0 bridgehead atoms. The molecule has 1 fully saturated rings. The topological polar surface area (TPSA) is 96.7 Å². The lowest BCUT2D eigenvalue weighted by molar-refractivity contribution is 0.0696. The summed E-state index contributed by atoms with van der Waals surface area (Å²) in [6, 6.07) is 14.5. The van der Waals surface area contributed by atoms with Gasteiger partial charge in [0.2, 0.25) is 0 Å². The number of amides is 1. The number of hydrogen-bond donors (Lipinski definition) is 2. The van der Waals surface area contributed by atoms with Gasteiger partial charge in [0.25, 0.3) is 5.91 Å². The van der Waals surface area contributed by atoms with E-state index in [4.69, 9.17) is 9.84 Å². The Morgan fingerprint density at radius 1 is 1.21 bits per heavy atom. The number of ether oxygens (including phenoxy) is 1. The number of carbonyl (C=O) groups is 2. The van der Waals surface area contributed by atoms with Crippen molar-refractivity contribution < 1.29 is 19.4 Å². The molecule has 1 amide bonds. The van der Waals surface area contributed by atoms with Crippen LogP contribution in [0.1, 0.15) is 56.4 Å². The first kappa shape index (κ1) is 22.4. The van der Waals surface area contributed by atoms with Gasteiger partial charge in [0.1, 0.15) is 11.4 Å². The van der Waals surface area contributed by atoms with Crippen LogP contribution in [-0.2, 0) is 20.1 Å².